The maximum Gasteiger partial charge on any atom is 0.293 e. The van der Waals surface area contributed by atoms with Gasteiger partial charge in [-0.25, -0.2) is 18.1 Å². The summed E-state index contributed by atoms with van der Waals surface area (Å²) in [4.78, 5) is 35.0. The Labute approximate surface area is 342 Å². The number of hydrogen-bond donors (Lipinski definition) is 3. The van der Waals surface area contributed by atoms with Crippen LogP contribution in [-0.2, 0) is 19.5 Å². The van der Waals surface area contributed by atoms with Crippen LogP contribution in [0.25, 0.3) is 16.6 Å². The van der Waals surface area contributed by atoms with Gasteiger partial charge in [0.15, 0.2) is 0 Å². The molecule has 14 nitrogen and oxygen atoms in total. The van der Waals surface area contributed by atoms with Crippen molar-refractivity contribution in [3.63, 3.8) is 0 Å². The van der Waals surface area contributed by atoms with Crippen molar-refractivity contribution in [2.24, 2.45) is 0 Å². The maximum atomic E-state index is 13.9. The fraction of sp³-hybridized carbons (Fsp3) is 0.364. The number of nitro benzene ring substituents is 1. The Morgan fingerprint density at radius 3 is 2.66 bits per heavy atom. The number of ether oxygens (including phenoxy) is 3. The molecule has 3 N–H and O–H groups in total. The van der Waals surface area contributed by atoms with Crippen LogP contribution in [0.1, 0.15) is 84.0 Å². The highest BCUT2D eigenvalue weighted by molar-refractivity contribution is 7.90. The van der Waals surface area contributed by atoms with Gasteiger partial charge >= 0.3 is 0 Å². The summed E-state index contributed by atoms with van der Waals surface area (Å²) in [6.07, 6.45) is 12.9. The molecule has 0 bridgehead atoms. The first-order chi connectivity index (χ1) is 28.7. The SMILES string of the molecule is O=C(NS(=O)(=O)c1ccc(NC[C@@H]2COCCO2)c([N+](=O)[O-])c1)c1ccc(C2=CCC(N3CCCC3c3ccccc3C3CC3)CC2)cc1Oc1cnc2[nH]ccc2c1. The average molecular weight is 819 g/mol. The van der Waals surface area contributed by atoms with Crippen molar-refractivity contribution in [2.75, 3.05) is 38.2 Å². The molecule has 4 heterocycles. The lowest BCUT2D eigenvalue weighted by Gasteiger charge is -2.36. The van der Waals surface area contributed by atoms with Crippen LogP contribution in [0.4, 0.5) is 11.4 Å². The van der Waals surface area contributed by atoms with Gasteiger partial charge in [-0.15, -0.1) is 0 Å². The number of hydrogen-bond acceptors (Lipinski definition) is 11. The minimum atomic E-state index is -4.57. The molecule has 306 valence electrons. The van der Waals surface area contributed by atoms with Crippen molar-refractivity contribution in [2.45, 2.75) is 73.9 Å². The van der Waals surface area contributed by atoms with E-state index in [0.29, 0.717) is 49.2 Å². The highest BCUT2D eigenvalue weighted by atomic mass is 32.2. The van der Waals surface area contributed by atoms with Crippen LogP contribution < -0.4 is 14.8 Å². The lowest BCUT2D eigenvalue weighted by molar-refractivity contribution is -0.384. The summed E-state index contributed by atoms with van der Waals surface area (Å²) in [5, 5.41) is 15.8. The number of benzene rings is 3. The second kappa shape index (κ2) is 16.6. The van der Waals surface area contributed by atoms with Crippen LogP contribution in [0.3, 0.4) is 0 Å². The third-order valence-electron chi connectivity index (χ3n) is 11.8. The molecule has 2 aliphatic carbocycles. The molecular weight excluding hydrogens is 773 g/mol. The number of nitrogens with one attached hydrogen (secondary N) is 3. The third kappa shape index (κ3) is 8.46. The summed E-state index contributed by atoms with van der Waals surface area (Å²) >= 11 is 0. The van der Waals surface area contributed by atoms with Crippen LogP contribution in [0, 0.1) is 10.1 Å². The van der Waals surface area contributed by atoms with Crippen molar-refractivity contribution in [1.82, 2.24) is 19.6 Å². The molecule has 4 aliphatic rings. The molecule has 3 fully saturated rings. The summed E-state index contributed by atoms with van der Waals surface area (Å²) in [7, 11) is -4.57. The number of aromatic nitrogens is 2. The Morgan fingerprint density at radius 1 is 1.02 bits per heavy atom. The second-order valence-corrected chi connectivity index (χ2v) is 17.4. The number of nitrogens with zero attached hydrogens (tertiary/aromatic N) is 3. The molecule has 2 saturated heterocycles. The Morgan fingerprint density at radius 2 is 1.88 bits per heavy atom. The van der Waals surface area contributed by atoms with E-state index in [1.54, 1.807) is 24.4 Å². The molecule has 2 unspecified atom stereocenters. The number of allylic oxidation sites excluding steroid dienone is 1. The number of rotatable bonds is 13. The molecule has 1 amide bonds. The van der Waals surface area contributed by atoms with E-state index >= 15 is 0 Å². The van der Waals surface area contributed by atoms with Gasteiger partial charge in [0.2, 0.25) is 0 Å². The summed E-state index contributed by atoms with van der Waals surface area (Å²) in [6, 6.07) is 22.1. The number of pyridine rings is 1. The number of aromatic amines is 1. The molecule has 0 radical (unpaired) electrons. The molecular formula is C44H46N6O8S. The third-order valence-corrected chi connectivity index (χ3v) is 13.2. The minimum absolute atomic E-state index is 0.0301. The number of anilines is 1. The van der Waals surface area contributed by atoms with Crippen molar-refractivity contribution in [3.05, 3.63) is 124 Å². The molecule has 2 aliphatic heterocycles. The number of fused-ring (bicyclic) bond motifs is 1. The van der Waals surface area contributed by atoms with Crippen molar-refractivity contribution in [3.8, 4) is 11.5 Å². The molecule has 3 aromatic carbocycles. The van der Waals surface area contributed by atoms with Gasteiger partial charge in [0.1, 0.15) is 22.8 Å². The molecule has 59 heavy (non-hydrogen) atoms. The molecule has 0 spiro atoms. The summed E-state index contributed by atoms with van der Waals surface area (Å²) < 4.78 is 46.7. The number of sulfonamides is 1. The van der Waals surface area contributed by atoms with Crippen molar-refractivity contribution < 1.29 is 32.3 Å². The smallest absolute Gasteiger partial charge is 0.293 e. The lowest BCUT2D eigenvalue weighted by atomic mass is 9.88. The zero-order chi connectivity index (χ0) is 40.5. The number of carbonyl (C=O) groups excluding carboxylic acids is 1. The molecule has 15 heteroatoms. The van der Waals surface area contributed by atoms with E-state index in [4.69, 9.17) is 14.2 Å². The zero-order valence-electron chi connectivity index (χ0n) is 32.5. The highest BCUT2D eigenvalue weighted by Gasteiger charge is 2.36. The highest BCUT2D eigenvalue weighted by Crippen LogP contribution is 2.47. The molecule has 9 rings (SSSR count). The number of nitro groups is 1. The summed E-state index contributed by atoms with van der Waals surface area (Å²) in [6.45, 7) is 2.52. The van der Waals surface area contributed by atoms with E-state index in [9.17, 15) is 23.3 Å². The average Bonchev–Trinajstić information content (AvgIpc) is 3.79. The predicted octanol–water partition coefficient (Wildman–Crippen LogP) is 7.86. The van der Waals surface area contributed by atoms with Crippen molar-refractivity contribution >= 4 is 43.9 Å². The zero-order valence-corrected chi connectivity index (χ0v) is 33.3. The van der Waals surface area contributed by atoms with Gasteiger partial charge < -0.3 is 24.5 Å². The van der Waals surface area contributed by atoms with Gasteiger partial charge in [0.25, 0.3) is 21.6 Å². The fourth-order valence-corrected chi connectivity index (χ4v) is 9.70. The standard InChI is InChI=1S/C44H46N6O8S/c51-44(48-59(54,55)35-14-16-39(41(24-35)50(52)53)46-26-34-27-56-20-21-57-34)38-15-11-30(23-42(38)58-33-22-31-17-18-45-43(31)47-25-33)28-9-12-32(13-10-28)49-19-3-6-40(49)37-5-2-1-4-36(37)29-7-8-29/h1-2,4-5,9,11,14-18,22-25,29,32,34,40,46H,3,6-8,10,12-13,19-21,26-27H2,(H,45,47)(H,48,51)/t32?,34-,40?/m1/s1. The van der Waals surface area contributed by atoms with Crippen molar-refractivity contribution in [1.29, 1.82) is 0 Å². The van der Waals surface area contributed by atoms with Crippen LogP contribution in [0.15, 0.2) is 96.2 Å². The van der Waals surface area contributed by atoms with Gasteiger partial charge in [-0.2, -0.15) is 0 Å². The Bertz CT molecular complexity index is 2530. The van der Waals surface area contributed by atoms with E-state index in [2.05, 4.69) is 55.2 Å². The van der Waals surface area contributed by atoms with Gasteiger partial charge in [-0.3, -0.25) is 19.8 Å². The summed E-state index contributed by atoms with van der Waals surface area (Å²) in [5.41, 5.74) is 5.29. The first-order valence-electron chi connectivity index (χ1n) is 20.3. The predicted molar refractivity (Wildman–Crippen MR) is 222 cm³/mol. The topological polar surface area (TPSA) is 178 Å². The number of amides is 1. The Kier molecular flexibility index (Phi) is 10.9. The second-order valence-electron chi connectivity index (χ2n) is 15.7. The first kappa shape index (κ1) is 38.9. The molecule has 1 saturated carbocycles. The van der Waals surface area contributed by atoms with E-state index in [-0.39, 0.29) is 29.6 Å². The minimum Gasteiger partial charge on any atom is -0.455 e. The fourth-order valence-electron chi connectivity index (χ4n) is 8.71. The van der Waals surface area contributed by atoms with Crippen LogP contribution in [0.2, 0.25) is 0 Å². The Balaban J connectivity index is 0.954. The monoisotopic (exact) mass is 818 g/mol. The largest absolute Gasteiger partial charge is 0.455 e. The summed E-state index contributed by atoms with van der Waals surface area (Å²) in [5.74, 6) is 0.253. The van der Waals surface area contributed by atoms with Crippen LogP contribution in [0.5, 0.6) is 11.5 Å². The van der Waals surface area contributed by atoms with E-state index in [1.165, 1.54) is 55.1 Å². The molecule has 2 aromatic heterocycles. The maximum absolute atomic E-state index is 13.9. The lowest BCUT2D eigenvalue weighted by Crippen LogP contribution is -2.36. The van der Waals surface area contributed by atoms with Gasteiger partial charge in [-0.1, -0.05) is 36.4 Å². The number of carbonyl (C=O) groups is 1. The van der Waals surface area contributed by atoms with E-state index in [0.717, 1.165) is 48.4 Å². The van der Waals surface area contributed by atoms with Crippen LogP contribution in [-0.4, -0.2) is 79.2 Å². The first-order valence-corrected chi connectivity index (χ1v) is 21.8. The quantitative estimate of drug-likeness (QED) is 0.0778. The van der Waals surface area contributed by atoms with Gasteiger partial charge in [0, 0.05) is 36.3 Å². The number of H-pyrrole nitrogens is 1. The van der Waals surface area contributed by atoms with Gasteiger partial charge in [-0.05, 0) is 116 Å². The number of likely N-dealkylation sites (tertiary alicyclic amines) is 1. The Hall–Kier alpha value is -5.61. The van der Waals surface area contributed by atoms with E-state index < -0.39 is 31.4 Å². The molecule has 3 atom stereocenters. The molecule has 5 aromatic rings. The normalized spacial score (nSPS) is 21.2. The van der Waals surface area contributed by atoms with Crippen LogP contribution >= 0.6 is 0 Å². The van der Waals surface area contributed by atoms with Gasteiger partial charge in [0.05, 0.1) is 47.5 Å². The van der Waals surface area contributed by atoms with E-state index in [1.807, 2.05) is 12.1 Å².